The Hall–Kier alpha value is -1.82. The van der Waals surface area contributed by atoms with Gasteiger partial charge in [-0.2, -0.15) is 0 Å². The van der Waals surface area contributed by atoms with E-state index in [1.54, 1.807) is 0 Å². The van der Waals surface area contributed by atoms with Crippen LogP contribution in [0.15, 0.2) is 12.1 Å². The number of anilines is 1. The van der Waals surface area contributed by atoms with E-state index in [9.17, 15) is 14.9 Å². The molecular weight excluding hydrogens is 270 g/mol. The van der Waals surface area contributed by atoms with Crippen LogP contribution in [0, 0.1) is 10.1 Å². The van der Waals surface area contributed by atoms with Gasteiger partial charge < -0.3 is 10.6 Å². The van der Waals surface area contributed by atoms with Gasteiger partial charge in [0.2, 0.25) is 0 Å². The van der Waals surface area contributed by atoms with E-state index in [4.69, 9.17) is 11.6 Å². The molecule has 7 heteroatoms. The van der Waals surface area contributed by atoms with Crippen molar-refractivity contribution in [3.63, 3.8) is 0 Å². The lowest BCUT2D eigenvalue weighted by Crippen LogP contribution is -2.25. The highest BCUT2D eigenvalue weighted by molar-refractivity contribution is 6.34. The summed E-state index contributed by atoms with van der Waals surface area (Å²) < 4.78 is 0. The summed E-state index contributed by atoms with van der Waals surface area (Å²) in [7, 11) is 0. The van der Waals surface area contributed by atoms with Gasteiger partial charge in [0.05, 0.1) is 15.5 Å². The van der Waals surface area contributed by atoms with Crippen LogP contribution in [0.25, 0.3) is 0 Å². The molecule has 102 valence electrons. The first-order valence-electron chi connectivity index (χ1n) is 6.05. The average molecular weight is 284 g/mol. The maximum atomic E-state index is 11.9. The first-order valence-corrected chi connectivity index (χ1v) is 6.43. The lowest BCUT2D eigenvalue weighted by atomic mass is 10.1. The number of nitro groups is 1. The number of hydrogen-bond acceptors (Lipinski definition) is 4. The Labute approximate surface area is 115 Å². The predicted molar refractivity (Wildman–Crippen MR) is 72.8 cm³/mol. The number of carbonyl (C=O) groups excluding carboxylic acids is 1. The highest BCUT2D eigenvalue weighted by atomic mass is 35.5. The number of halogens is 1. The van der Waals surface area contributed by atoms with Gasteiger partial charge in [-0.15, -0.1) is 0 Å². The predicted octanol–water partition coefficient (Wildman–Crippen LogP) is 2.57. The van der Waals surface area contributed by atoms with Crippen LogP contribution in [0.3, 0.4) is 0 Å². The molecule has 0 unspecified atom stereocenters. The molecule has 2 N–H and O–H groups in total. The van der Waals surface area contributed by atoms with Crippen LogP contribution in [0.1, 0.15) is 30.1 Å². The summed E-state index contributed by atoms with van der Waals surface area (Å²) in [6, 6.07) is 2.82. The Balaban J connectivity index is 2.35. The number of nitrogens with one attached hydrogen (secondary N) is 2. The zero-order chi connectivity index (χ0) is 14.0. The van der Waals surface area contributed by atoms with E-state index in [0.717, 1.165) is 12.8 Å². The molecule has 6 nitrogen and oxygen atoms in total. The summed E-state index contributed by atoms with van der Waals surface area (Å²) in [5.41, 5.74) is 0.314. The number of nitrogens with zero attached hydrogens (tertiary/aromatic N) is 1. The van der Waals surface area contributed by atoms with Crippen molar-refractivity contribution in [3.05, 3.63) is 32.8 Å². The molecule has 1 fully saturated rings. The quantitative estimate of drug-likeness (QED) is 0.642. The zero-order valence-electron chi connectivity index (χ0n) is 10.4. The number of amides is 1. The maximum Gasteiger partial charge on any atom is 0.293 e. The molecule has 1 aliphatic rings. The van der Waals surface area contributed by atoms with E-state index in [1.165, 1.54) is 12.1 Å². The van der Waals surface area contributed by atoms with Crippen LogP contribution in [0.2, 0.25) is 5.02 Å². The van der Waals surface area contributed by atoms with Gasteiger partial charge in [-0.3, -0.25) is 14.9 Å². The van der Waals surface area contributed by atoms with E-state index < -0.39 is 4.92 Å². The molecule has 1 aromatic carbocycles. The minimum Gasteiger partial charge on any atom is -0.380 e. The van der Waals surface area contributed by atoms with E-state index in [0.29, 0.717) is 12.2 Å². The van der Waals surface area contributed by atoms with Crippen molar-refractivity contribution in [1.82, 2.24) is 5.32 Å². The molecule has 0 radical (unpaired) electrons. The fourth-order valence-electron chi connectivity index (χ4n) is 1.71. The molecule has 0 aromatic heterocycles. The van der Waals surface area contributed by atoms with Crippen molar-refractivity contribution in [2.75, 3.05) is 11.9 Å². The van der Waals surface area contributed by atoms with Gasteiger partial charge in [0.15, 0.2) is 0 Å². The third-order valence-corrected chi connectivity index (χ3v) is 3.12. The summed E-state index contributed by atoms with van der Waals surface area (Å²) in [6.45, 7) is 2.36. The Kier molecular flexibility index (Phi) is 3.90. The number of hydrogen-bond donors (Lipinski definition) is 2. The van der Waals surface area contributed by atoms with E-state index in [-0.39, 0.29) is 28.2 Å². The highest BCUT2D eigenvalue weighted by Crippen LogP contribution is 2.31. The summed E-state index contributed by atoms with van der Waals surface area (Å²) in [5, 5.41) is 16.8. The molecule has 1 amide bonds. The highest BCUT2D eigenvalue weighted by Gasteiger charge is 2.26. The molecule has 0 spiro atoms. The van der Waals surface area contributed by atoms with Crippen molar-refractivity contribution >= 4 is 28.9 Å². The number of rotatable bonds is 5. The normalized spacial score (nSPS) is 14.0. The van der Waals surface area contributed by atoms with Crippen molar-refractivity contribution in [2.45, 2.75) is 25.8 Å². The third-order valence-electron chi connectivity index (χ3n) is 2.81. The van der Waals surface area contributed by atoms with Crippen LogP contribution < -0.4 is 10.6 Å². The van der Waals surface area contributed by atoms with Crippen LogP contribution in [-0.2, 0) is 0 Å². The summed E-state index contributed by atoms with van der Waals surface area (Å²) in [4.78, 5) is 22.4. The van der Waals surface area contributed by atoms with E-state index >= 15 is 0 Å². The van der Waals surface area contributed by atoms with Gasteiger partial charge in [-0.1, -0.05) is 11.6 Å². The second-order valence-corrected chi connectivity index (χ2v) is 4.79. The van der Waals surface area contributed by atoms with Crippen molar-refractivity contribution in [3.8, 4) is 0 Å². The molecule has 0 heterocycles. The van der Waals surface area contributed by atoms with Gasteiger partial charge in [-0.05, 0) is 25.8 Å². The Morgan fingerprint density at radius 3 is 2.74 bits per heavy atom. The van der Waals surface area contributed by atoms with Gasteiger partial charge in [0, 0.05) is 18.7 Å². The molecule has 1 aromatic rings. The lowest BCUT2D eigenvalue weighted by molar-refractivity contribution is -0.384. The number of benzene rings is 1. The molecule has 2 rings (SSSR count). The molecule has 0 aliphatic heterocycles. The van der Waals surface area contributed by atoms with Gasteiger partial charge in [-0.25, -0.2) is 0 Å². The van der Waals surface area contributed by atoms with Crippen LogP contribution in [-0.4, -0.2) is 23.4 Å². The Bertz CT molecular complexity index is 529. The SMILES string of the molecule is CCNc1cc(Cl)c(C(=O)NC2CC2)cc1[N+](=O)[O-]. The standard InChI is InChI=1S/C12H14ClN3O3/c1-2-14-10-6-9(13)8(5-11(10)16(18)19)12(17)15-7-3-4-7/h5-7,14H,2-4H2,1H3,(H,15,17). The van der Waals surface area contributed by atoms with Crippen LogP contribution in [0.4, 0.5) is 11.4 Å². The second-order valence-electron chi connectivity index (χ2n) is 4.38. The van der Waals surface area contributed by atoms with Crippen LogP contribution in [0.5, 0.6) is 0 Å². The minimum atomic E-state index is -0.526. The maximum absolute atomic E-state index is 11.9. The smallest absolute Gasteiger partial charge is 0.293 e. The average Bonchev–Trinajstić information content (AvgIpc) is 3.12. The molecular formula is C12H14ClN3O3. The van der Waals surface area contributed by atoms with Gasteiger partial charge in [0.1, 0.15) is 5.69 Å². The topological polar surface area (TPSA) is 84.3 Å². The molecule has 0 bridgehead atoms. The summed E-state index contributed by atoms with van der Waals surface area (Å²) >= 11 is 6.02. The van der Waals surface area contributed by atoms with Crippen molar-refractivity contribution in [2.24, 2.45) is 0 Å². The lowest BCUT2D eigenvalue weighted by Gasteiger charge is -2.09. The Morgan fingerprint density at radius 2 is 2.21 bits per heavy atom. The summed E-state index contributed by atoms with van der Waals surface area (Å²) in [6.07, 6.45) is 1.89. The minimum absolute atomic E-state index is 0.141. The number of nitro benzene ring substituents is 1. The van der Waals surface area contributed by atoms with Crippen molar-refractivity contribution < 1.29 is 9.72 Å². The van der Waals surface area contributed by atoms with Gasteiger partial charge >= 0.3 is 0 Å². The molecule has 19 heavy (non-hydrogen) atoms. The number of carbonyl (C=O) groups is 1. The summed E-state index contributed by atoms with van der Waals surface area (Å²) in [5.74, 6) is -0.362. The molecule has 0 saturated heterocycles. The molecule has 1 saturated carbocycles. The Morgan fingerprint density at radius 1 is 1.53 bits per heavy atom. The zero-order valence-corrected chi connectivity index (χ0v) is 11.2. The van der Waals surface area contributed by atoms with E-state index in [2.05, 4.69) is 10.6 Å². The van der Waals surface area contributed by atoms with Crippen molar-refractivity contribution in [1.29, 1.82) is 0 Å². The second kappa shape index (κ2) is 5.44. The largest absolute Gasteiger partial charge is 0.380 e. The monoisotopic (exact) mass is 283 g/mol. The van der Waals surface area contributed by atoms with Gasteiger partial charge in [0.25, 0.3) is 11.6 Å². The third kappa shape index (κ3) is 3.14. The molecule has 0 atom stereocenters. The molecule has 1 aliphatic carbocycles. The first kappa shape index (κ1) is 13.6. The van der Waals surface area contributed by atoms with E-state index in [1.807, 2.05) is 6.92 Å². The fourth-order valence-corrected chi connectivity index (χ4v) is 1.96. The first-order chi connectivity index (χ1) is 9.02. The van der Waals surface area contributed by atoms with Crippen LogP contribution >= 0.6 is 11.6 Å². The fraction of sp³-hybridized carbons (Fsp3) is 0.417.